The van der Waals surface area contributed by atoms with Crippen molar-refractivity contribution in [3.05, 3.63) is 65.5 Å². The van der Waals surface area contributed by atoms with Crippen LogP contribution in [0.3, 0.4) is 0 Å². The molecule has 1 aliphatic rings. The van der Waals surface area contributed by atoms with Gasteiger partial charge in [-0.3, -0.25) is 4.79 Å². The molecule has 0 spiro atoms. The number of halogens is 1. The molecule has 4 rings (SSSR count). The van der Waals surface area contributed by atoms with Gasteiger partial charge in [-0.1, -0.05) is 42.0 Å². The number of amides is 1. The highest BCUT2D eigenvalue weighted by Gasteiger charge is 2.33. The van der Waals surface area contributed by atoms with E-state index in [1.54, 1.807) is 12.1 Å². The third kappa shape index (κ3) is 4.19. The van der Waals surface area contributed by atoms with Crippen LogP contribution >= 0.6 is 0 Å². The summed E-state index contributed by atoms with van der Waals surface area (Å²) < 4.78 is 13.2. The monoisotopic (exact) mass is 365 g/mol. The summed E-state index contributed by atoms with van der Waals surface area (Å²) in [7, 11) is 0. The Morgan fingerprint density at radius 3 is 2.56 bits per heavy atom. The number of benzene rings is 2. The average Bonchev–Trinajstić information content (AvgIpc) is 3.40. The first-order valence-electron chi connectivity index (χ1n) is 8.98. The summed E-state index contributed by atoms with van der Waals surface area (Å²) in [5.41, 5.74) is 2.92. The zero-order valence-corrected chi connectivity index (χ0v) is 15.0. The number of tetrazole rings is 1. The molecule has 6 nitrogen and oxygen atoms in total. The highest BCUT2D eigenvalue weighted by molar-refractivity contribution is 5.76. The van der Waals surface area contributed by atoms with Crippen LogP contribution in [0.2, 0.25) is 0 Å². The highest BCUT2D eigenvalue weighted by atomic mass is 19.1. The second-order valence-electron chi connectivity index (χ2n) is 6.94. The summed E-state index contributed by atoms with van der Waals surface area (Å²) in [6, 6.07) is 14.0. The lowest BCUT2D eigenvalue weighted by Gasteiger charge is -2.18. The quantitative estimate of drug-likeness (QED) is 0.729. The molecule has 2 aromatic carbocycles. The Bertz CT molecular complexity index is 932. The van der Waals surface area contributed by atoms with Gasteiger partial charge in [0.2, 0.25) is 11.7 Å². The normalized spacial score (nSPS) is 14.7. The minimum atomic E-state index is -0.282. The lowest BCUT2D eigenvalue weighted by atomic mass is 10.0. The molecule has 1 heterocycles. The topological polar surface area (TPSA) is 72.7 Å². The second-order valence-corrected chi connectivity index (χ2v) is 6.94. The van der Waals surface area contributed by atoms with Crippen molar-refractivity contribution in [3.63, 3.8) is 0 Å². The van der Waals surface area contributed by atoms with Gasteiger partial charge in [0, 0.05) is 5.56 Å². The third-order valence-corrected chi connectivity index (χ3v) is 4.69. The zero-order valence-electron chi connectivity index (χ0n) is 15.0. The summed E-state index contributed by atoms with van der Waals surface area (Å²) in [5, 5.41) is 15.3. The maximum Gasteiger partial charge on any atom is 0.244 e. The number of hydrogen-bond acceptors (Lipinski definition) is 4. The molecular formula is C20H20FN5O. The Kier molecular flexibility index (Phi) is 4.66. The van der Waals surface area contributed by atoms with Gasteiger partial charge in [-0.15, -0.1) is 10.2 Å². The van der Waals surface area contributed by atoms with E-state index in [1.807, 2.05) is 31.2 Å². The molecule has 1 fully saturated rings. The van der Waals surface area contributed by atoms with Gasteiger partial charge < -0.3 is 5.32 Å². The van der Waals surface area contributed by atoms with Gasteiger partial charge >= 0.3 is 0 Å². The molecule has 0 radical (unpaired) electrons. The van der Waals surface area contributed by atoms with Gasteiger partial charge in [0.25, 0.3) is 0 Å². The maximum absolute atomic E-state index is 13.2. The third-order valence-electron chi connectivity index (χ3n) is 4.69. The number of carbonyl (C=O) groups excluding carboxylic acids is 1. The number of aryl methyl sites for hydroxylation is 1. The molecule has 1 atom stereocenters. The molecule has 1 unspecified atom stereocenters. The van der Waals surface area contributed by atoms with Crippen LogP contribution in [0, 0.1) is 18.7 Å². The van der Waals surface area contributed by atoms with E-state index in [0.29, 0.717) is 11.7 Å². The summed E-state index contributed by atoms with van der Waals surface area (Å²) in [5.74, 6) is 0.408. The standard InChI is InChI=1S/C20H20FN5O/c1-13-2-4-16(5-3-13)20-23-25-26(24-20)12-18(27)22-19(14-6-7-14)15-8-10-17(21)11-9-15/h2-5,8-11,14,19H,6-7,12H2,1H3,(H,22,27). The molecule has 1 amide bonds. The molecule has 7 heteroatoms. The first-order chi connectivity index (χ1) is 13.1. The Morgan fingerprint density at radius 1 is 1.19 bits per heavy atom. The first-order valence-corrected chi connectivity index (χ1v) is 8.98. The maximum atomic E-state index is 13.2. The molecule has 1 N–H and O–H groups in total. The van der Waals surface area contributed by atoms with Crippen molar-refractivity contribution in [1.29, 1.82) is 0 Å². The van der Waals surface area contributed by atoms with Gasteiger partial charge in [-0.25, -0.2) is 4.39 Å². The van der Waals surface area contributed by atoms with Gasteiger partial charge in [-0.05, 0) is 48.6 Å². The fraction of sp³-hybridized carbons (Fsp3) is 0.300. The average molecular weight is 365 g/mol. The van der Waals surface area contributed by atoms with E-state index >= 15 is 0 Å². The number of carbonyl (C=O) groups is 1. The predicted octanol–water partition coefficient (Wildman–Crippen LogP) is 3.06. The molecule has 1 saturated carbocycles. The van der Waals surface area contributed by atoms with Crippen LogP contribution in [-0.2, 0) is 11.3 Å². The highest BCUT2D eigenvalue weighted by Crippen LogP contribution is 2.41. The lowest BCUT2D eigenvalue weighted by Crippen LogP contribution is -2.33. The van der Waals surface area contributed by atoms with Crippen LogP contribution in [-0.4, -0.2) is 26.1 Å². The van der Waals surface area contributed by atoms with Gasteiger partial charge in [0.1, 0.15) is 12.4 Å². The van der Waals surface area contributed by atoms with E-state index in [1.165, 1.54) is 16.9 Å². The van der Waals surface area contributed by atoms with E-state index in [9.17, 15) is 9.18 Å². The van der Waals surface area contributed by atoms with Crippen LogP contribution in [0.15, 0.2) is 48.5 Å². The number of nitrogens with zero attached hydrogens (tertiary/aromatic N) is 4. The van der Waals surface area contributed by atoms with Crippen molar-refractivity contribution in [2.75, 3.05) is 0 Å². The Morgan fingerprint density at radius 2 is 1.89 bits per heavy atom. The van der Waals surface area contributed by atoms with Crippen LogP contribution in [0.25, 0.3) is 11.4 Å². The van der Waals surface area contributed by atoms with Crippen LogP contribution in [0.5, 0.6) is 0 Å². The van der Waals surface area contributed by atoms with E-state index in [2.05, 4.69) is 20.7 Å². The zero-order chi connectivity index (χ0) is 18.8. The van der Waals surface area contributed by atoms with Crippen molar-refractivity contribution in [2.24, 2.45) is 5.92 Å². The number of rotatable bonds is 6. The minimum absolute atomic E-state index is 0.0106. The predicted molar refractivity (Wildman–Crippen MR) is 98.0 cm³/mol. The first kappa shape index (κ1) is 17.3. The molecule has 27 heavy (non-hydrogen) atoms. The largest absolute Gasteiger partial charge is 0.347 e. The summed E-state index contributed by atoms with van der Waals surface area (Å²) >= 11 is 0. The second kappa shape index (κ2) is 7.26. The number of nitrogens with one attached hydrogen (secondary N) is 1. The van der Waals surface area contributed by atoms with Gasteiger partial charge in [0.15, 0.2) is 0 Å². The fourth-order valence-electron chi connectivity index (χ4n) is 3.05. The minimum Gasteiger partial charge on any atom is -0.347 e. The van der Waals surface area contributed by atoms with E-state index in [0.717, 1.165) is 29.5 Å². The number of aromatic nitrogens is 4. The van der Waals surface area contributed by atoms with Crippen LogP contribution in [0.1, 0.15) is 30.0 Å². The summed E-state index contributed by atoms with van der Waals surface area (Å²) in [6.45, 7) is 2.00. The van der Waals surface area contributed by atoms with Crippen LogP contribution in [0.4, 0.5) is 4.39 Å². The SMILES string of the molecule is Cc1ccc(-c2nnn(CC(=O)NC(c3ccc(F)cc3)C3CC3)n2)cc1. The van der Waals surface area contributed by atoms with E-state index < -0.39 is 0 Å². The fourth-order valence-corrected chi connectivity index (χ4v) is 3.05. The molecule has 3 aromatic rings. The Labute approximate surface area is 156 Å². The van der Waals surface area contributed by atoms with E-state index in [4.69, 9.17) is 0 Å². The van der Waals surface area contributed by atoms with E-state index in [-0.39, 0.29) is 24.3 Å². The molecule has 0 saturated heterocycles. The van der Waals surface area contributed by atoms with Crippen molar-refractivity contribution in [1.82, 2.24) is 25.5 Å². The molecule has 0 bridgehead atoms. The van der Waals surface area contributed by atoms with Crippen molar-refractivity contribution in [2.45, 2.75) is 32.4 Å². The summed E-state index contributed by atoms with van der Waals surface area (Å²) in [6.07, 6.45) is 2.11. The summed E-state index contributed by atoms with van der Waals surface area (Å²) in [4.78, 5) is 13.8. The smallest absolute Gasteiger partial charge is 0.244 e. The number of hydrogen-bond donors (Lipinski definition) is 1. The Hall–Kier alpha value is -3.09. The van der Waals surface area contributed by atoms with Gasteiger partial charge in [0.05, 0.1) is 6.04 Å². The molecule has 1 aliphatic carbocycles. The van der Waals surface area contributed by atoms with Crippen molar-refractivity contribution in [3.8, 4) is 11.4 Å². The van der Waals surface area contributed by atoms with Crippen molar-refractivity contribution >= 4 is 5.91 Å². The molecule has 0 aliphatic heterocycles. The van der Waals surface area contributed by atoms with Crippen molar-refractivity contribution < 1.29 is 9.18 Å². The Balaban J connectivity index is 1.42. The molecule has 138 valence electrons. The molecule has 1 aromatic heterocycles. The lowest BCUT2D eigenvalue weighted by molar-refractivity contribution is -0.123. The van der Waals surface area contributed by atoms with Crippen LogP contribution < -0.4 is 5.32 Å². The molecular weight excluding hydrogens is 345 g/mol. The van der Waals surface area contributed by atoms with Gasteiger partial charge in [-0.2, -0.15) is 4.80 Å².